The Bertz CT molecular complexity index is 477. The minimum absolute atomic E-state index is 0.459. The van der Waals surface area contributed by atoms with E-state index in [9.17, 15) is 9.90 Å². The Balaban J connectivity index is 1.64. The number of hydrogen-bond donors (Lipinski definition) is 1. The van der Waals surface area contributed by atoms with E-state index in [0.717, 1.165) is 37.5 Å². The topological polar surface area (TPSA) is 68.0 Å². The summed E-state index contributed by atoms with van der Waals surface area (Å²) >= 11 is 0. The van der Waals surface area contributed by atoms with Crippen LogP contribution in [0.15, 0.2) is 0 Å². The van der Waals surface area contributed by atoms with Gasteiger partial charge in [-0.25, -0.2) is 9.67 Å². The number of aromatic nitrogens is 3. The van der Waals surface area contributed by atoms with E-state index in [1.807, 2.05) is 4.68 Å². The third kappa shape index (κ3) is 2.86. The average molecular weight is 277 g/mol. The summed E-state index contributed by atoms with van der Waals surface area (Å²) < 4.78 is 1.82. The lowest BCUT2D eigenvalue weighted by Gasteiger charge is -2.20. The van der Waals surface area contributed by atoms with Crippen LogP contribution >= 0.6 is 0 Å². The summed E-state index contributed by atoms with van der Waals surface area (Å²) in [7, 11) is 0. The molecule has 2 heterocycles. The van der Waals surface area contributed by atoms with Gasteiger partial charge >= 0.3 is 5.97 Å². The Hall–Kier alpha value is -1.39. The molecule has 0 amide bonds. The summed E-state index contributed by atoms with van der Waals surface area (Å²) in [6.45, 7) is 0.815. The van der Waals surface area contributed by atoms with Gasteiger partial charge in [0, 0.05) is 13.0 Å². The first-order chi connectivity index (χ1) is 9.74. The summed E-state index contributed by atoms with van der Waals surface area (Å²) in [6, 6.07) is 0. The van der Waals surface area contributed by atoms with Gasteiger partial charge in [-0.1, -0.05) is 32.1 Å². The van der Waals surface area contributed by atoms with Gasteiger partial charge in [0.1, 0.15) is 11.7 Å². The van der Waals surface area contributed by atoms with Crippen molar-refractivity contribution in [1.29, 1.82) is 0 Å². The Morgan fingerprint density at radius 1 is 1.20 bits per heavy atom. The van der Waals surface area contributed by atoms with Crippen molar-refractivity contribution < 1.29 is 9.90 Å². The molecule has 1 fully saturated rings. The van der Waals surface area contributed by atoms with Crippen LogP contribution in [0.1, 0.15) is 68.9 Å². The second-order valence-electron chi connectivity index (χ2n) is 6.19. The Kier molecular flexibility index (Phi) is 4.03. The molecule has 20 heavy (non-hydrogen) atoms. The molecule has 1 unspecified atom stereocenters. The first kappa shape index (κ1) is 13.6. The fourth-order valence-corrected chi connectivity index (χ4v) is 3.55. The molecule has 5 heteroatoms. The van der Waals surface area contributed by atoms with Gasteiger partial charge in [0.15, 0.2) is 5.82 Å². The molecule has 3 rings (SSSR count). The Morgan fingerprint density at radius 3 is 2.75 bits per heavy atom. The summed E-state index contributed by atoms with van der Waals surface area (Å²) in [5.41, 5.74) is 0. The van der Waals surface area contributed by atoms with Gasteiger partial charge in [0.2, 0.25) is 0 Å². The normalized spacial score (nSPS) is 23.5. The molecule has 0 spiro atoms. The van der Waals surface area contributed by atoms with Gasteiger partial charge in [-0.3, -0.25) is 4.79 Å². The van der Waals surface area contributed by atoms with Crippen molar-refractivity contribution in [3.05, 3.63) is 11.6 Å². The predicted octanol–water partition coefficient (Wildman–Crippen LogP) is 2.75. The van der Waals surface area contributed by atoms with Crippen molar-refractivity contribution in [2.75, 3.05) is 0 Å². The monoisotopic (exact) mass is 277 g/mol. The van der Waals surface area contributed by atoms with Crippen molar-refractivity contribution in [1.82, 2.24) is 14.8 Å². The molecule has 0 saturated heterocycles. The molecule has 1 aliphatic heterocycles. The largest absolute Gasteiger partial charge is 0.481 e. The predicted molar refractivity (Wildman–Crippen MR) is 74.5 cm³/mol. The maximum absolute atomic E-state index is 11.3. The zero-order chi connectivity index (χ0) is 13.9. The molecular formula is C15H23N3O2. The van der Waals surface area contributed by atoms with Crippen molar-refractivity contribution >= 4 is 5.97 Å². The minimum Gasteiger partial charge on any atom is -0.481 e. The molecule has 0 aromatic carbocycles. The molecule has 1 aliphatic carbocycles. The molecule has 2 aliphatic rings. The van der Waals surface area contributed by atoms with Crippen molar-refractivity contribution in [2.24, 2.45) is 5.92 Å². The molecular weight excluding hydrogens is 254 g/mol. The van der Waals surface area contributed by atoms with Crippen molar-refractivity contribution in [2.45, 2.75) is 70.3 Å². The molecule has 1 N–H and O–H groups in total. The number of carboxylic acid groups (broad SMARTS) is 1. The third-order valence-corrected chi connectivity index (χ3v) is 4.72. The lowest BCUT2D eigenvalue weighted by atomic mass is 9.86. The van der Waals surface area contributed by atoms with E-state index in [1.165, 1.54) is 32.1 Å². The zero-order valence-corrected chi connectivity index (χ0v) is 11.9. The maximum Gasteiger partial charge on any atom is 0.314 e. The average Bonchev–Trinajstić information content (AvgIpc) is 2.88. The maximum atomic E-state index is 11.3. The van der Waals surface area contributed by atoms with E-state index in [-0.39, 0.29) is 0 Å². The van der Waals surface area contributed by atoms with Gasteiger partial charge in [-0.2, -0.15) is 5.10 Å². The van der Waals surface area contributed by atoms with Crippen LogP contribution in [0.3, 0.4) is 0 Å². The quantitative estimate of drug-likeness (QED) is 0.918. The van der Waals surface area contributed by atoms with Gasteiger partial charge in [0.05, 0.1) is 0 Å². The number of fused-ring (bicyclic) bond motifs is 1. The van der Waals surface area contributed by atoms with Crippen LogP contribution < -0.4 is 0 Å². The Labute approximate surface area is 119 Å². The highest BCUT2D eigenvalue weighted by Crippen LogP contribution is 2.29. The fraction of sp³-hybridized carbons (Fsp3) is 0.800. The van der Waals surface area contributed by atoms with Crippen LogP contribution in [-0.4, -0.2) is 25.8 Å². The van der Waals surface area contributed by atoms with E-state index < -0.39 is 11.9 Å². The van der Waals surface area contributed by atoms with E-state index in [2.05, 4.69) is 10.1 Å². The highest BCUT2D eigenvalue weighted by molar-refractivity contribution is 5.75. The number of carbonyl (C=O) groups is 1. The number of hydrogen-bond acceptors (Lipinski definition) is 3. The zero-order valence-electron chi connectivity index (χ0n) is 11.9. The second-order valence-corrected chi connectivity index (χ2v) is 6.19. The first-order valence-electron chi connectivity index (χ1n) is 7.90. The number of aliphatic carboxylic acids is 1. The molecule has 1 atom stereocenters. The van der Waals surface area contributed by atoms with E-state index in [0.29, 0.717) is 12.2 Å². The van der Waals surface area contributed by atoms with Gasteiger partial charge in [-0.05, 0) is 25.2 Å². The molecule has 110 valence electrons. The van der Waals surface area contributed by atoms with Gasteiger partial charge in [-0.15, -0.1) is 0 Å². The van der Waals surface area contributed by atoms with Gasteiger partial charge in [0.25, 0.3) is 0 Å². The van der Waals surface area contributed by atoms with Crippen LogP contribution in [0, 0.1) is 5.92 Å². The van der Waals surface area contributed by atoms with E-state index >= 15 is 0 Å². The smallest absolute Gasteiger partial charge is 0.314 e. The highest BCUT2D eigenvalue weighted by Gasteiger charge is 2.29. The van der Waals surface area contributed by atoms with Crippen molar-refractivity contribution in [3.8, 4) is 0 Å². The van der Waals surface area contributed by atoms with E-state index in [1.54, 1.807) is 0 Å². The Morgan fingerprint density at radius 2 is 2.00 bits per heavy atom. The van der Waals surface area contributed by atoms with Crippen LogP contribution in [0.25, 0.3) is 0 Å². The molecule has 1 saturated carbocycles. The number of carboxylic acids is 1. The number of rotatable bonds is 4. The summed E-state index contributed by atoms with van der Waals surface area (Å²) in [5, 5.41) is 13.8. The number of aryl methyl sites for hydroxylation is 2. The summed E-state index contributed by atoms with van der Waals surface area (Å²) in [4.78, 5) is 15.8. The lowest BCUT2D eigenvalue weighted by molar-refractivity contribution is -0.139. The highest BCUT2D eigenvalue weighted by atomic mass is 16.4. The van der Waals surface area contributed by atoms with E-state index in [4.69, 9.17) is 0 Å². The van der Waals surface area contributed by atoms with Crippen molar-refractivity contribution in [3.63, 3.8) is 0 Å². The molecule has 1 aromatic rings. The van der Waals surface area contributed by atoms with Gasteiger partial charge < -0.3 is 5.11 Å². The van der Waals surface area contributed by atoms with Crippen LogP contribution in [0.5, 0.6) is 0 Å². The molecule has 1 aromatic heterocycles. The molecule has 0 bridgehead atoms. The summed E-state index contributed by atoms with van der Waals surface area (Å²) in [5.74, 6) is 1.11. The molecule has 0 radical (unpaired) electrons. The summed E-state index contributed by atoms with van der Waals surface area (Å²) in [6.07, 6.45) is 10.4. The van der Waals surface area contributed by atoms with Crippen LogP contribution in [0.4, 0.5) is 0 Å². The fourth-order valence-electron chi connectivity index (χ4n) is 3.55. The SMILES string of the molecule is O=C(O)C1CCCn2nc(CCC3CCCCC3)nc21. The lowest BCUT2D eigenvalue weighted by Crippen LogP contribution is -2.22. The second kappa shape index (κ2) is 5.94. The van der Waals surface area contributed by atoms with Crippen LogP contribution in [-0.2, 0) is 17.8 Å². The first-order valence-corrected chi connectivity index (χ1v) is 7.90. The standard InChI is InChI=1S/C15H23N3O2/c19-15(20)12-7-4-10-18-14(12)16-13(17-18)9-8-11-5-2-1-3-6-11/h11-12H,1-10H2,(H,19,20). The van der Waals surface area contributed by atoms with Crippen LogP contribution in [0.2, 0.25) is 0 Å². The molecule has 5 nitrogen and oxygen atoms in total. The number of nitrogens with zero attached hydrogens (tertiary/aromatic N) is 3. The minimum atomic E-state index is -0.766. The third-order valence-electron chi connectivity index (χ3n) is 4.72.